The maximum absolute atomic E-state index is 11.9. The first-order valence-electron chi connectivity index (χ1n) is 6.39. The Morgan fingerprint density at radius 1 is 1.38 bits per heavy atom. The number of benzene rings is 1. The summed E-state index contributed by atoms with van der Waals surface area (Å²) in [7, 11) is 1.58. The van der Waals surface area contributed by atoms with E-state index in [-0.39, 0.29) is 11.3 Å². The maximum Gasteiger partial charge on any atom is 0.341 e. The van der Waals surface area contributed by atoms with E-state index in [1.165, 1.54) is 12.1 Å². The van der Waals surface area contributed by atoms with Crippen LogP contribution in [0.15, 0.2) is 18.2 Å². The monoisotopic (exact) mass is 295 g/mol. The van der Waals surface area contributed by atoms with Gasteiger partial charge in [-0.3, -0.25) is 14.9 Å². The van der Waals surface area contributed by atoms with Gasteiger partial charge in [0.05, 0.1) is 10.5 Å². The molecule has 0 saturated heterocycles. The number of nitro benzene ring substituents is 1. The van der Waals surface area contributed by atoms with Crippen LogP contribution < -0.4 is 10.6 Å². The molecule has 1 amide bonds. The molecule has 0 aliphatic carbocycles. The lowest BCUT2D eigenvalue weighted by atomic mass is 10.1. The van der Waals surface area contributed by atoms with Gasteiger partial charge in [-0.05, 0) is 12.5 Å². The molecule has 8 heteroatoms. The molecular weight excluding hydrogens is 278 g/mol. The average Bonchev–Trinajstić information content (AvgIpc) is 2.49. The summed E-state index contributed by atoms with van der Waals surface area (Å²) in [6, 6.07) is 3.79. The Morgan fingerprint density at radius 2 is 2.10 bits per heavy atom. The van der Waals surface area contributed by atoms with Crippen LogP contribution >= 0.6 is 0 Å². The van der Waals surface area contributed by atoms with E-state index in [9.17, 15) is 19.7 Å². The zero-order chi connectivity index (χ0) is 15.8. The molecule has 114 valence electrons. The predicted octanol–water partition coefficient (Wildman–Crippen LogP) is 1.32. The van der Waals surface area contributed by atoms with E-state index < -0.39 is 23.4 Å². The SMILES string of the molecule is CCCNC(=O)COC(=O)c1cc([N+](=O)[O-])ccc1NC. The van der Waals surface area contributed by atoms with Gasteiger partial charge >= 0.3 is 5.97 Å². The number of non-ortho nitro benzene ring substituents is 1. The second-order valence-electron chi connectivity index (χ2n) is 4.16. The summed E-state index contributed by atoms with van der Waals surface area (Å²) in [4.78, 5) is 33.4. The Balaban J connectivity index is 2.78. The van der Waals surface area contributed by atoms with Crippen molar-refractivity contribution in [3.63, 3.8) is 0 Å². The highest BCUT2D eigenvalue weighted by Crippen LogP contribution is 2.22. The van der Waals surface area contributed by atoms with Crippen LogP contribution in [-0.2, 0) is 9.53 Å². The van der Waals surface area contributed by atoms with Gasteiger partial charge in [0.15, 0.2) is 6.61 Å². The largest absolute Gasteiger partial charge is 0.452 e. The fourth-order valence-electron chi connectivity index (χ4n) is 1.56. The standard InChI is InChI=1S/C13H17N3O5/c1-3-6-15-12(17)8-21-13(18)10-7-9(16(19)20)4-5-11(10)14-2/h4-5,7,14H,3,6,8H2,1-2H3,(H,15,17). The molecule has 21 heavy (non-hydrogen) atoms. The molecule has 0 unspecified atom stereocenters. The van der Waals surface area contributed by atoms with E-state index in [1.807, 2.05) is 6.92 Å². The fourth-order valence-corrected chi connectivity index (χ4v) is 1.56. The first-order valence-corrected chi connectivity index (χ1v) is 6.39. The lowest BCUT2D eigenvalue weighted by Gasteiger charge is -2.09. The molecule has 0 radical (unpaired) electrons. The third-order valence-electron chi connectivity index (χ3n) is 2.61. The molecule has 0 spiro atoms. The van der Waals surface area contributed by atoms with E-state index >= 15 is 0 Å². The molecule has 0 atom stereocenters. The molecule has 8 nitrogen and oxygen atoms in total. The number of nitrogens with zero attached hydrogens (tertiary/aromatic N) is 1. The summed E-state index contributed by atoms with van der Waals surface area (Å²) in [6.07, 6.45) is 0.772. The van der Waals surface area contributed by atoms with Crippen LogP contribution in [0, 0.1) is 10.1 Å². The quantitative estimate of drug-likeness (QED) is 0.446. The van der Waals surface area contributed by atoms with Crippen LogP contribution in [0.1, 0.15) is 23.7 Å². The van der Waals surface area contributed by atoms with Crippen LogP contribution in [-0.4, -0.2) is 37.0 Å². The number of esters is 1. The molecule has 0 aliphatic heterocycles. The zero-order valence-electron chi connectivity index (χ0n) is 11.8. The van der Waals surface area contributed by atoms with Crippen molar-refractivity contribution in [3.8, 4) is 0 Å². The van der Waals surface area contributed by atoms with Gasteiger partial charge < -0.3 is 15.4 Å². The molecular formula is C13H17N3O5. The number of carbonyl (C=O) groups is 2. The first-order chi connectivity index (χ1) is 9.99. The van der Waals surface area contributed by atoms with Crippen molar-refractivity contribution in [2.45, 2.75) is 13.3 Å². The number of carbonyl (C=O) groups excluding carboxylic acids is 2. The van der Waals surface area contributed by atoms with Crippen LogP contribution in [0.2, 0.25) is 0 Å². The number of rotatable bonds is 7. The molecule has 0 fully saturated rings. The van der Waals surface area contributed by atoms with Gasteiger partial charge in [0.1, 0.15) is 0 Å². The van der Waals surface area contributed by atoms with Gasteiger partial charge in [-0.1, -0.05) is 6.92 Å². The molecule has 1 rings (SSSR count). The van der Waals surface area contributed by atoms with Gasteiger partial charge in [-0.15, -0.1) is 0 Å². The van der Waals surface area contributed by atoms with Crippen LogP contribution in [0.25, 0.3) is 0 Å². The zero-order valence-corrected chi connectivity index (χ0v) is 11.8. The minimum atomic E-state index is -0.797. The minimum absolute atomic E-state index is 0.00925. The molecule has 2 N–H and O–H groups in total. The number of ether oxygens (including phenoxy) is 1. The number of anilines is 1. The van der Waals surface area contributed by atoms with Gasteiger partial charge in [0.25, 0.3) is 11.6 Å². The van der Waals surface area contributed by atoms with Gasteiger partial charge in [-0.2, -0.15) is 0 Å². The van der Waals surface area contributed by atoms with Gasteiger partial charge in [-0.25, -0.2) is 4.79 Å². The van der Waals surface area contributed by atoms with E-state index in [0.717, 1.165) is 12.5 Å². The highest BCUT2D eigenvalue weighted by molar-refractivity contribution is 5.97. The van der Waals surface area contributed by atoms with E-state index in [2.05, 4.69) is 10.6 Å². The minimum Gasteiger partial charge on any atom is -0.452 e. The molecule has 0 saturated carbocycles. The summed E-state index contributed by atoms with van der Waals surface area (Å²) in [5, 5.41) is 16.0. The van der Waals surface area contributed by atoms with E-state index in [1.54, 1.807) is 7.05 Å². The molecule has 0 aromatic heterocycles. The molecule has 0 heterocycles. The van der Waals surface area contributed by atoms with Crippen LogP contribution in [0.5, 0.6) is 0 Å². The maximum atomic E-state index is 11.9. The third-order valence-corrected chi connectivity index (χ3v) is 2.61. The normalized spacial score (nSPS) is 9.81. The van der Waals surface area contributed by atoms with Gasteiger partial charge in [0.2, 0.25) is 0 Å². The van der Waals surface area contributed by atoms with Crippen molar-refractivity contribution in [3.05, 3.63) is 33.9 Å². The van der Waals surface area contributed by atoms with E-state index in [0.29, 0.717) is 12.2 Å². The average molecular weight is 295 g/mol. The summed E-state index contributed by atoms with van der Waals surface area (Å²) in [5.41, 5.74) is 0.172. The smallest absolute Gasteiger partial charge is 0.341 e. The Morgan fingerprint density at radius 3 is 2.67 bits per heavy atom. The highest BCUT2D eigenvalue weighted by Gasteiger charge is 2.18. The van der Waals surface area contributed by atoms with Crippen molar-refractivity contribution < 1.29 is 19.2 Å². The summed E-state index contributed by atoms with van der Waals surface area (Å²) < 4.78 is 4.85. The second kappa shape index (κ2) is 7.83. The van der Waals surface area contributed by atoms with Crippen molar-refractivity contribution in [1.29, 1.82) is 0 Å². The molecule has 1 aromatic rings. The Kier molecular flexibility index (Phi) is 6.12. The number of nitro groups is 1. The number of hydrogen-bond acceptors (Lipinski definition) is 6. The lowest BCUT2D eigenvalue weighted by Crippen LogP contribution is -2.29. The number of amides is 1. The van der Waals surface area contributed by atoms with Gasteiger partial charge in [0, 0.05) is 31.4 Å². The van der Waals surface area contributed by atoms with Crippen molar-refractivity contribution in [2.24, 2.45) is 0 Å². The lowest BCUT2D eigenvalue weighted by molar-refractivity contribution is -0.384. The Hall–Kier alpha value is -2.64. The Labute approximate surface area is 121 Å². The summed E-state index contributed by atoms with van der Waals surface area (Å²) in [6.45, 7) is 1.97. The molecule has 0 bridgehead atoms. The van der Waals surface area contributed by atoms with Crippen molar-refractivity contribution >= 4 is 23.3 Å². The van der Waals surface area contributed by atoms with Crippen LogP contribution in [0.3, 0.4) is 0 Å². The Bertz CT molecular complexity index is 545. The summed E-state index contributed by atoms with van der Waals surface area (Å²) in [5.74, 6) is -1.21. The fraction of sp³-hybridized carbons (Fsp3) is 0.385. The first kappa shape index (κ1) is 16.4. The summed E-state index contributed by atoms with van der Waals surface area (Å²) >= 11 is 0. The number of nitrogens with one attached hydrogen (secondary N) is 2. The van der Waals surface area contributed by atoms with Crippen molar-refractivity contribution in [2.75, 3.05) is 25.5 Å². The van der Waals surface area contributed by atoms with E-state index in [4.69, 9.17) is 4.74 Å². The topological polar surface area (TPSA) is 111 Å². The molecule has 1 aromatic carbocycles. The van der Waals surface area contributed by atoms with Crippen LogP contribution in [0.4, 0.5) is 11.4 Å². The third kappa shape index (κ3) is 4.75. The second-order valence-corrected chi connectivity index (χ2v) is 4.16. The highest BCUT2D eigenvalue weighted by atomic mass is 16.6. The van der Waals surface area contributed by atoms with Crippen molar-refractivity contribution in [1.82, 2.24) is 5.32 Å². The molecule has 0 aliphatic rings. The predicted molar refractivity (Wildman–Crippen MR) is 76.2 cm³/mol. The number of hydrogen-bond donors (Lipinski definition) is 2.